The van der Waals surface area contributed by atoms with Crippen LogP contribution in [0.3, 0.4) is 0 Å². The summed E-state index contributed by atoms with van der Waals surface area (Å²) in [5, 5.41) is 1.65. The van der Waals surface area contributed by atoms with E-state index in [1.807, 2.05) is 0 Å². The molecule has 1 aromatic rings. The molecule has 3 N–H and O–H groups in total. The minimum absolute atomic E-state index is 0.0485. The fraction of sp³-hybridized carbons (Fsp3) is 0.636. The van der Waals surface area contributed by atoms with Crippen molar-refractivity contribution in [2.75, 3.05) is 20.1 Å². The SMILES string of the molecule is CN1CCC(NS(=O)(=O)c2csc(CN)c2)CC1. The third kappa shape index (κ3) is 3.30. The Labute approximate surface area is 112 Å². The zero-order valence-electron chi connectivity index (χ0n) is 10.4. The van der Waals surface area contributed by atoms with Gasteiger partial charge in [0.1, 0.15) is 0 Å². The van der Waals surface area contributed by atoms with Crippen molar-refractivity contribution in [3.63, 3.8) is 0 Å². The molecule has 1 aliphatic heterocycles. The Bertz CT molecular complexity index is 490. The largest absolute Gasteiger partial charge is 0.326 e. The van der Waals surface area contributed by atoms with Crippen LogP contribution in [0.15, 0.2) is 16.3 Å². The maximum atomic E-state index is 12.2. The number of sulfonamides is 1. The van der Waals surface area contributed by atoms with Gasteiger partial charge in [-0.2, -0.15) is 0 Å². The van der Waals surface area contributed by atoms with Gasteiger partial charge in [-0.3, -0.25) is 0 Å². The van der Waals surface area contributed by atoms with Crippen LogP contribution in [0.5, 0.6) is 0 Å². The third-order valence-corrected chi connectivity index (χ3v) is 5.79. The lowest BCUT2D eigenvalue weighted by Gasteiger charge is -2.29. The highest BCUT2D eigenvalue weighted by Crippen LogP contribution is 2.20. The Hall–Kier alpha value is -0.470. The minimum Gasteiger partial charge on any atom is -0.326 e. The highest BCUT2D eigenvalue weighted by Gasteiger charge is 2.23. The summed E-state index contributed by atoms with van der Waals surface area (Å²) < 4.78 is 27.1. The van der Waals surface area contributed by atoms with E-state index in [9.17, 15) is 8.42 Å². The second kappa shape index (κ2) is 5.66. The summed E-state index contributed by atoms with van der Waals surface area (Å²) in [6.45, 7) is 2.25. The summed E-state index contributed by atoms with van der Waals surface area (Å²) in [6.07, 6.45) is 1.73. The molecule has 2 rings (SSSR count). The van der Waals surface area contributed by atoms with E-state index in [0.717, 1.165) is 30.8 Å². The first kappa shape index (κ1) is 14.0. The molecule has 18 heavy (non-hydrogen) atoms. The summed E-state index contributed by atoms with van der Waals surface area (Å²) in [5.74, 6) is 0. The molecule has 1 aliphatic rings. The number of rotatable bonds is 4. The average molecular weight is 289 g/mol. The number of hydrogen-bond acceptors (Lipinski definition) is 5. The van der Waals surface area contributed by atoms with Gasteiger partial charge in [0, 0.05) is 22.8 Å². The molecule has 1 aromatic heterocycles. The van der Waals surface area contributed by atoms with Gasteiger partial charge in [-0.15, -0.1) is 11.3 Å². The van der Waals surface area contributed by atoms with Crippen LogP contribution in [0.4, 0.5) is 0 Å². The van der Waals surface area contributed by atoms with Crippen molar-refractivity contribution >= 4 is 21.4 Å². The summed E-state index contributed by atoms with van der Waals surface area (Å²) in [6, 6.07) is 1.70. The van der Waals surface area contributed by atoms with Crippen LogP contribution >= 0.6 is 11.3 Å². The van der Waals surface area contributed by atoms with Gasteiger partial charge in [0.2, 0.25) is 10.0 Å². The lowest BCUT2D eigenvalue weighted by Crippen LogP contribution is -2.43. The van der Waals surface area contributed by atoms with Gasteiger partial charge in [0.05, 0.1) is 4.90 Å². The molecule has 2 heterocycles. The molecule has 1 saturated heterocycles. The van der Waals surface area contributed by atoms with Crippen LogP contribution in [0.25, 0.3) is 0 Å². The normalized spacial score (nSPS) is 19.2. The molecular weight excluding hydrogens is 270 g/mol. The number of piperidine rings is 1. The Balaban J connectivity index is 2.03. The van der Waals surface area contributed by atoms with Crippen molar-refractivity contribution in [2.24, 2.45) is 5.73 Å². The highest BCUT2D eigenvalue weighted by atomic mass is 32.2. The molecule has 0 amide bonds. The molecule has 0 aliphatic carbocycles. The fourth-order valence-corrected chi connectivity index (χ4v) is 4.48. The topological polar surface area (TPSA) is 75.4 Å². The molecule has 7 heteroatoms. The molecule has 5 nitrogen and oxygen atoms in total. The van der Waals surface area contributed by atoms with Gasteiger partial charge in [-0.05, 0) is 39.0 Å². The Morgan fingerprint density at radius 3 is 2.72 bits per heavy atom. The van der Waals surface area contributed by atoms with Crippen LogP contribution in [-0.4, -0.2) is 39.5 Å². The maximum Gasteiger partial charge on any atom is 0.241 e. The van der Waals surface area contributed by atoms with E-state index in [0.29, 0.717) is 11.4 Å². The number of likely N-dealkylation sites (tertiary alicyclic amines) is 1. The molecule has 0 radical (unpaired) electrons. The number of hydrogen-bond donors (Lipinski definition) is 2. The molecule has 0 aromatic carbocycles. The maximum absolute atomic E-state index is 12.2. The number of nitrogens with one attached hydrogen (secondary N) is 1. The van der Waals surface area contributed by atoms with Crippen LogP contribution in [-0.2, 0) is 16.6 Å². The quantitative estimate of drug-likeness (QED) is 0.850. The Morgan fingerprint density at radius 2 is 2.17 bits per heavy atom. The van der Waals surface area contributed by atoms with E-state index in [4.69, 9.17) is 5.73 Å². The first-order chi connectivity index (χ1) is 8.51. The zero-order chi connectivity index (χ0) is 13.2. The standard InChI is InChI=1S/C11H19N3O2S2/c1-14-4-2-9(3-5-14)13-18(15,16)11-6-10(7-12)17-8-11/h6,8-9,13H,2-5,7,12H2,1H3. The summed E-state index contributed by atoms with van der Waals surface area (Å²) in [4.78, 5) is 3.44. The van der Waals surface area contributed by atoms with E-state index < -0.39 is 10.0 Å². The van der Waals surface area contributed by atoms with Crippen molar-refractivity contribution in [1.82, 2.24) is 9.62 Å². The molecule has 0 bridgehead atoms. The molecule has 102 valence electrons. The van der Waals surface area contributed by atoms with Crippen molar-refractivity contribution in [1.29, 1.82) is 0 Å². The Morgan fingerprint density at radius 1 is 1.50 bits per heavy atom. The van der Waals surface area contributed by atoms with E-state index in [2.05, 4.69) is 16.7 Å². The van der Waals surface area contributed by atoms with E-state index >= 15 is 0 Å². The van der Waals surface area contributed by atoms with Gasteiger partial charge >= 0.3 is 0 Å². The molecule has 0 unspecified atom stereocenters. The summed E-state index contributed by atoms with van der Waals surface area (Å²) >= 11 is 1.39. The predicted octanol–water partition coefficient (Wildman–Crippen LogP) is 0.579. The second-order valence-electron chi connectivity index (χ2n) is 4.65. The lowest BCUT2D eigenvalue weighted by atomic mass is 10.1. The van der Waals surface area contributed by atoms with Crippen molar-refractivity contribution in [3.05, 3.63) is 16.3 Å². The van der Waals surface area contributed by atoms with Gasteiger partial charge in [-0.25, -0.2) is 13.1 Å². The van der Waals surface area contributed by atoms with Crippen LogP contribution in [0.2, 0.25) is 0 Å². The van der Waals surface area contributed by atoms with Crippen LogP contribution in [0.1, 0.15) is 17.7 Å². The highest BCUT2D eigenvalue weighted by molar-refractivity contribution is 7.89. The Kier molecular flexibility index (Phi) is 4.39. The second-order valence-corrected chi connectivity index (χ2v) is 7.36. The van der Waals surface area contributed by atoms with Gasteiger partial charge < -0.3 is 10.6 Å². The zero-order valence-corrected chi connectivity index (χ0v) is 12.1. The summed E-state index contributed by atoms with van der Waals surface area (Å²) in [7, 11) is -1.33. The fourth-order valence-electron chi connectivity index (χ4n) is 2.02. The predicted molar refractivity (Wildman–Crippen MR) is 73.1 cm³/mol. The van der Waals surface area contributed by atoms with Gasteiger partial charge in [-0.1, -0.05) is 0 Å². The van der Waals surface area contributed by atoms with Crippen molar-refractivity contribution in [2.45, 2.75) is 30.3 Å². The van der Waals surface area contributed by atoms with Crippen molar-refractivity contribution < 1.29 is 8.42 Å². The molecule has 0 saturated carbocycles. The lowest BCUT2D eigenvalue weighted by molar-refractivity contribution is 0.248. The molecule has 1 fully saturated rings. The smallest absolute Gasteiger partial charge is 0.241 e. The molecule has 0 spiro atoms. The minimum atomic E-state index is -3.38. The molecular formula is C11H19N3O2S2. The number of nitrogens with zero attached hydrogens (tertiary/aromatic N) is 1. The first-order valence-corrected chi connectivity index (χ1v) is 8.36. The van der Waals surface area contributed by atoms with E-state index in [1.54, 1.807) is 11.4 Å². The summed E-state index contributed by atoms with van der Waals surface area (Å²) in [5.41, 5.74) is 5.50. The monoisotopic (exact) mass is 289 g/mol. The third-order valence-electron chi connectivity index (χ3n) is 3.18. The van der Waals surface area contributed by atoms with Gasteiger partial charge in [0.15, 0.2) is 0 Å². The van der Waals surface area contributed by atoms with E-state index in [-0.39, 0.29) is 6.04 Å². The number of nitrogens with two attached hydrogens (primary N) is 1. The average Bonchev–Trinajstić information content (AvgIpc) is 2.81. The number of thiophene rings is 1. The van der Waals surface area contributed by atoms with Crippen molar-refractivity contribution in [3.8, 4) is 0 Å². The van der Waals surface area contributed by atoms with Gasteiger partial charge in [0.25, 0.3) is 0 Å². The molecule has 0 atom stereocenters. The first-order valence-electron chi connectivity index (χ1n) is 5.99. The van der Waals surface area contributed by atoms with Crippen LogP contribution in [0, 0.1) is 0 Å². The van der Waals surface area contributed by atoms with E-state index in [1.165, 1.54) is 11.3 Å². The van der Waals surface area contributed by atoms with Crippen LogP contribution < -0.4 is 10.5 Å².